The van der Waals surface area contributed by atoms with Gasteiger partial charge in [-0.15, -0.1) is 5.75 Å². The molecular weight excluding hydrogens is 655 g/mol. The Morgan fingerprint density at radius 1 is 0.596 bits per heavy atom. The molecule has 0 aliphatic carbocycles. The summed E-state index contributed by atoms with van der Waals surface area (Å²) >= 11 is 0. The Balaban J connectivity index is 0.00000433. The third-order valence-electron chi connectivity index (χ3n) is 8.06. The first-order chi connectivity index (χ1) is 21.6. The molecular formula is C30H25NaO15S. The molecule has 6 atom stereocenters. The van der Waals surface area contributed by atoms with Crippen molar-refractivity contribution in [3.05, 3.63) is 82.4 Å². The van der Waals surface area contributed by atoms with Gasteiger partial charge in [0.1, 0.15) is 46.2 Å². The fourth-order valence-corrected chi connectivity index (χ4v) is 7.07. The molecule has 10 N–H and O–H groups in total. The van der Waals surface area contributed by atoms with Gasteiger partial charge in [-0.1, -0.05) is 12.1 Å². The monoisotopic (exact) mass is 680 g/mol. The van der Waals surface area contributed by atoms with E-state index in [1.807, 2.05) is 0 Å². The zero-order valence-corrected chi connectivity index (χ0v) is 26.9. The molecule has 0 amide bonds. The van der Waals surface area contributed by atoms with Gasteiger partial charge in [-0.25, -0.2) is 0 Å². The van der Waals surface area contributed by atoms with Crippen LogP contribution in [0.3, 0.4) is 0 Å². The van der Waals surface area contributed by atoms with E-state index in [9.17, 15) is 64.0 Å². The minimum atomic E-state index is -5.29. The molecule has 2 heterocycles. The van der Waals surface area contributed by atoms with Gasteiger partial charge >= 0.3 is 29.6 Å². The maximum Gasteiger partial charge on any atom is 1.00 e. The number of hydrogen-bond donors (Lipinski definition) is 10. The van der Waals surface area contributed by atoms with Crippen molar-refractivity contribution < 1.29 is 103 Å². The van der Waals surface area contributed by atoms with Crippen molar-refractivity contribution in [2.75, 3.05) is 0 Å². The van der Waals surface area contributed by atoms with Crippen molar-refractivity contribution >= 4 is 10.1 Å². The van der Waals surface area contributed by atoms with Gasteiger partial charge < -0.3 is 60.5 Å². The minimum absolute atomic E-state index is 0. The fraction of sp³-hybridized carbons (Fsp3) is 0.200. The molecule has 6 rings (SSSR count). The number of fused-ring (bicyclic) bond motifs is 2. The Bertz CT molecular complexity index is 2000. The van der Waals surface area contributed by atoms with E-state index in [4.69, 9.17) is 9.47 Å². The van der Waals surface area contributed by atoms with Gasteiger partial charge in [0.05, 0.1) is 11.5 Å². The number of aliphatic hydroxyl groups is 2. The average Bonchev–Trinajstić information content (AvgIpc) is 2.96. The van der Waals surface area contributed by atoms with E-state index in [1.54, 1.807) is 0 Å². The Hall–Kier alpha value is -4.29. The Morgan fingerprint density at radius 2 is 1.11 bits per heavy atom. The second-order valence-corrected chi connectivity index (χ2v) is 12.4. The van der Waals surface area contributed by atoms with Crippen LogP contribution in [0.4, 0.5) is 0 Å². The summed E-state index contributed by atoms with van der Waals surface area (Å²) in [5.74, 6) is -8.23. The molecule has 0 aromatic heterocycles. The van der Waals surface area contributed by atoms with Crippen LogP contribution in [0.2, 0.25) is 0 Å². The molecule has 4 aromatic rings. The summed E-state index contributed by atoms with van der Waals surface area (Å²) in [6.07, 6.45) is -7.25. The third-order valence-corrected chi connectivity index (χ3v) is 9.22. The van der Waals surface area contributed by atoms with Gasteiger partial charge in [0.25, 0.3) is 10.1 Å². The predicted octanol–water partition coefficient (Wildman–Crippen LogP) is -1.25. The van der Waals surface area contributed by atoms with E-state index >= 15 is 0 Å². The average molecular weight is 681 g/mol. The SMILES string of the molecule is O=S(=O)(O)C1c2c(O)cc(O)c(C3c4c(O)cc([O-])cc4OC(c4ccc(O)c(O)c4)C3O)c2OC(c2ccc(O)c(O)c2)C1O.[Na+]. The third kappa shape index (κ3) is 5.67. The molecule has 0 fully saturated rings. The van der Waals surface area contributed by atoms with E-state index < -0.39 is 109 Å². The topological polar surface area (TPSA) is 278 Å². The summed E-state index contributed by atoms with van der Waals surface area (Å²) in [6, 6.07) is 8.91. The molecule has 15 nitrogen and oxygen atoms in total. The van der Waals surface area contributed by atoms with Crippen molar-refractivity contribution in [1.29, 1.82) is 0 Å². The number of phenols is 7. The van der Waals surface area contributed by atoms with Crippen LogP contribution in [0.15, 0.2) is 54.6 Å². The van der Waals surface area contributed by atoms with Crippen LogP contribution in [0, 0.1) is 0 Å². The zero-order chi connectivity index (χ0) is 33.4. The molecule has 0 radical (unpaired) electrons. The van der Waals surface area contributed by atoms with Crippen LogP contribution < -0.4 is 44.1 Å². The minimum Gasteiger partial charge on any atom is -0.872 e. The van der Waals surface area contributed by atoms with Crippen molar-refractivity contribution in [2.45, 2.75) is 35.6 Å². The second kappa shape index (κ2) is 12.1. The summed E-state index contributed by atoms with van der Waals surface area (Å²) in [5, 5.41) is 106. The quantitative estimate of drug-likeness (QED) is 0.0685. The van der Waals surface area contributed by atoms with Crippen LogP contribution in [-0.4, -0.2) is 71.1 Å². The number of aliphatic hydroxyl groups excluding tert-OH is 2. The molecule has 0 saturated heterocycles. The van der Waals surface area contributed by atoms with Crippen LogP contribution in [0.5, 0.6) is 57.5 Å². The zero-order valence-electron chi connectivity index (χ0n) is 24.1. The number of phenolic OH excluding ortho intramolecular Hbond substituents is 7. The molecule has 2 aliphatic rings. The van der Waals surface area contributed by atoms with E-state index in [1.165, 1.54) is 6.07 Å². The predicted molar refractivity (Wildman–Crippen MR) is 152 cm³/mol. The number of rotatable bonds is 4. The molecule has 4 aromatic carbocycles. The summed E-state index contributed by atoms with van der Waals surface area (Å²) < 4.78 is 47.5. The van der Waals surface area contributed by atoms with E-state index in [-0.39, 0.29) is 52.0 Å². The van der Waals surface area contributed by atoms with Crippen LogP contribution in [-0.2, 0) is 10.1 Å². The first-order valence-corrected chi connectivity index (χ1v) is 14.9. The van der Waals surface area contributed by atoms with Gasteiger partial charge in [-0.2, -0.15) is 8.42 Å². The largest absolute Gasteiger partial charge is 1.00 e. The fourth-order valence-electron chi connectivity index (χ4n) is 6.05. The van der Waals surface area contributed by atoms with Gasteiger partial charge in [0, 0.05) is 17.2 Å². The number of benzene rings is 4. The van der Waals surface area contributed by atoms with Crippen molar-refractivity contribution in [3.8, 4) is 57.5 Å². The van der Waals surface area contributed by atoms with Gasteiger partial charge in [0.2, 0.25) is 0 Å². The van der Waals surface area contributed by atoms with Crippen molar-refractivity contribution in [3.63, 3.8) is 0 Å². The number of ether oxygens (including phenoxy) is 2. The van der Waals surface area contributed by atoms with Crippen molar-refractivity contribution in [2.24, 2.45) is 0 Å². The number of aromatic hydroxyl groups is 7. The number of hydrogen-bond acceptors (Lipinski definition) is 14. The smallest absolute Gasteiger partial charge is 0.872 e. The summed E-state index contributed by atoms with van der Waals surface area (Å²) in [4.78, 5) is 0. The Morgan fingerprint density at radius 3 is 1.64 bits per heavy atom. The van der Waals surface area contributed by atoms with Crippen LogP contribution in [0.1, 0.15) is 51.2 Å². The summed E-state index contributed by atoms with van der Waals surface area (Å²) in [5.41, 5.74) is -1.58. The van der Waals surface area contributed by atoms with Gasteiger partial charge in [0.15, 0.2) is 35.2 Å². The van der Waals surface area contributed by atoms with Crippen LogP contribution in [0.25, 0.3) is 0 Å². The summed E-state index contributed by atoms with van der Waals surface area (Å²) in [7, 11) is -5.29. The maximum absolute atomic E-state index is 12.7. The molecule has 6 unspecified atom stereocenters. The normalized spacial score (nSPS) is 23.4. The Kier molecular flexibility index (Phi) is 8.74. The molecule has 0 saturated carbocycles. The summed E-state index contributed by atoms with van der Waals surface area (Å²) in [6.45, 7) is 0. The van der Waals surface area contributed by atoms with Gasteiger partial charge in [-0.05, 0) is 47.5 Å². The van der Waals surface area contributed by atoms with E-state index in [2.05, 4.69) is 0 Å². The van der Waals surface area contributed by atoms with E-state index in [0.29, 0.717) is 6.07 Å². The molecule has 2 aliphatic heterocycles. The Labute approximate surface area is 287 Å². The van der Waals surface area contributed by atoms with Crippen molar-refractivity contribution in [1.82, 2.24) is 0 Å². The van der Waals surface area contributed by atoms with E-state index in [0.717, 1.165) is 42.5 Å². The maximum atomic E-state index is 12.7. The molecule has 242 valence electrons. The van der Waals surface area contributed by atoms with Crippen LogP contribution >= 0.6 is 0 Å². The molecule has 47 heavy (non-hydrogen) atoms. The molecule has 0 spiro atoms. The molecule has 0 bridgehead atoms. The molecule has 17 heteroatoms. The standard InChI is InChI=1S/C30H26O15S.Na/c31-12-7-17(36)21-20(8-12)44-27(10-1-3-13(32)15(34)5-10)25(39)24(21)22-18(37)9-19(38)23-29(22)45-28(26(40)30(23)46(41,42)43)11-2-4-14(33)16(35)6-11;/h1-9,24-28,30-40H,(H,41,42,43);/q;+1/p-1. The first kappa shape index (κ1) is 34.1. The first-order valence-electron chi connectivity index (χ1n) is 13.4. The van der Waals surface area contributed by atoms with Gasteiger partial charge in [-0.3, -0.25) is 4.55 Å². The second-order valence-electron chi connectivity index (χ2n) is 10.9.